The molecule has 2 N–H and O–H groups in total. The molecule has 2 rings (SSSR count). The summed E-state index contributed by atoms with van der Waals surface area (Å²) in [4.78, 5) is 10.8. The van der Waals surface area contributed by atoms with Crippen molar-refractivity contribution >= 4 is 11.6 Å². The second kappa shape index (κ2) is 5.61. The molecule has 1 saturated heterocycles. The van der Waals surface area contributed by atoms with Crippen LogP contribution in [0.3, 0.4) is 0 Å². The Morgan fingerprint density at radius 3 is 2.26 bits per heavy atom. The number of halogens is 3. The van der Waals surface area contributed by atoms with Crippen LogP contribution in [0.2, 0.25) is 0 Å². The van der Waals surface area contributed by atoms with E-state index in [1.807, 2.05) is 5.32 Å². The molecule has 0 aromatic heterocycles. The van der Waals surface area contributed by atoms with Gasteiger partial charge in [-0.05, 0) is 49.5 Å². The van der Waals surface area contributed by atoms with Gasteiger partial charge in [-0.15, -0.1) is 0 Å². The quantitative estimate of drug-likeness (QED) is 0.869. The summed E-state index contributed by atoms with van der Waals surface area (Å²) in [5, 5.41) is 5.09. The molecule has 0 atom stereocenters. The summed E-state index contributed by atoms with van der Waals surface area (Å²) in [6.07, 6.45) is -2.81. The summed E-state index contributed by atoms with van der Waals surface area (Å²) < 4.78 is 36.3. The van der Waals surface area contributed by atoms with Gasteiger partial charge in [-0.3, -0.25) is 4.79 Å². The number of carbonyl (C=O) groups is 1. The minimum atomic E-state index is -4.85. The SMILES string of the molecule is O=C(Nc1ccc(C2CCNCC2)cc1)C(F)(F)F. The Bertz CT molecular complexity index is 436. The first kappa shape index (κ1) is 13.9. The van der Waals surface area contributed by atoms with Gasteiger partial charge < -0.3 is 10.6 Å². The van der Waals surface area contributed by atoms with E-state index in [0.717, 1.165) is 31.5 Å². The second-order valence-corrected chi connectivity index (χ2v) is 4.60. The van der Waals surface area contributed by atoms with Crippen LogP contribution in [0.5, 0.6) is 0 Å². The van der Waals surface area contributed by atoms with Gasteiger partial charge in [0.25, 0.3) is 0 Å². The van der Waals surface area contributed by atoms with E-state index in [-0.39, 0.29) is 5.69 Å². The molecule has 1 heterocycles. The van der Waals surface area contributed by atoms with E-state index < -0.39 is 12.1 Å². The van der Waals surface area contributed by atoms with Crippen molar-refractivity contribution in [3.63, 3.8) is 0 Å². The number of rotatable bonds is 2. The number of piperidine rings is 1. The molecule has 6 heteroatoms. The molecule has 0 spiro atoms. The lowest BCUT2D eigenvalue weighted by Gasteiger charge is -2.23. The van der Waals surface area contributed by atoms with Crippen LogP contribution in [0.25, 0.3) is 0 Å². The van der Waals surface area contributed by atoms with Gasteiger partial charge in [0.1, 0.15) is 0 Å². The first-order valence-electron chi connectivity index (χ1n) is 6.15. The van der Waals surface area contributed by atoms with E-state index in [1.165, 1.54) is 12.1 Å². The van der Waals surface area contributed by atoms with E-state index in [2.05, 4.69) is 5.32 Å². The normalized spacial score (nSPS) is 17.2. The molecule has 3 nitrogen and oxygen atoms in total. The Hall–Kier alpha value is -1.56. The maximum absolute atomic E-state index is 12.1. The zero-order valence-electron chi connectivity index (χ0n) is 10.3. The highest BCUT2D eigenvalue weighted by Gasteiger charge is 2.38. The van der Waals surface area contributed by atoms with Crippen LogP contribution in [-0.4, -0.2) is 25.2 Å². The van der Waals surface area contributed by atoms with Gasteiger partial charge in [0.15, 0.2) is 0 Å². The highest BCUT2D eigenvalue weighted by molar-refractivity contribution is 5.94. The van der Waals surface area contributed by atoms with E-state index in [0.29, 0.717) is 5.92 Å². The van der Waals surface area contributed by atoms with Crippen LogP contribution in [-0.2, 0) is 4.79 Å². The number of benzene rings is 1. The van der Waals surface area contributed by atoms with Gasteiger partial charge in [-0.2, -0.15) is 13.2 Å². The summed E-state index contributed by atoms with van der Waals surface area (Å²) >= 11 is 0. The summed E-state index contributed by atoms with van der Waals surface area (Å²) in [6.45, 7) is 1.91. The summed E-state index contributed by atoms with van der Waals surface area (Å²) in [5.74, 6) is -1.50. The number of carbonyl (C=O) groups excluding carboxylic acids is 1. The van der Waals surface area contributed by atoms with Crippen molar-refractivity contribution in [3.8, 4) is 0 Å². The van der Waals surface area contributed by atoms with Crippen molar-refractivity contribution in [2.24, 2.45) is 0 Å². The third-order valence-electron chi connectivity index (χ3n) is 3.24. The lowest BCUT2D eigenvalue weighted by Crippen LogP contribution is -2.30. The Labute approximate surface area is 109 Å². The summed E-state index contributed by atoms with van der Waals surface area (Å²) in [5.41, 5.74) is 1.27. The first-order valence-corrected chi connectivity index (χ1v) is 6.15. The van der Waals surface area contributed by atoms with Crippen LogP contribution in [0.15, 0.2) is 24.3 Å². The third-order valence-corrected chi connectivity index (χ3v) is 3.24. The van der Waals surface area contributed by atoms with Gasteiger partial charge in [0.05, 0.1) is 0 Å². The molecular formula is C13H15F3N2O. The standard InChI is InChI=1S/C13H15F3N2O/c14-13(15,16)12(19)18-11-3-1-9(2-4-11)10-5-7-17-8-6-10/h1-4,10,17H,5-8H2,(H,18,19). The van der Waals surface area contributed by atoms with Gasteiger partial charge in [-0.1, -0.05) is 12.1 Å². The number of nitrogens with one attached hydrogen (secondary N) is 2. The summed E-state index contributed by atoms with van der Waals surface area (Å²) in [7, 11) is 0. The van der Waals surface area contributed by atoms with Gasteiger partial charge in [0.2, 0.25) is 0 Å². The van der Waals surface area contributed by atoms with Gasteiger partial charge >= 0.3 is 12.1 Å². The van der Waals surface area contributed by atoms with Crippen molar-refractivity contribution in [1.82, 2.24) is 5.32 Å². The van der Waals surface area contributed by atoms with Crippen LogP contribution < -0.4 is 10.6 Å². The second-order valence-electron chi connectivity index (χ2n) is 4.60. The molecule has 0 aliphatic carbocycles. The smallest absolute Gasteiger partial charge is 0.318 e. The maximum Gasteiger partial charge on any atom is 0.471 e. The molecule has 0 radical (unpaired) electrons. The number of anilines is 1. The van der Waals surface area contributed by atoms with Gasteiger partial charge in [-0.25, -0.2) is 0 Å². The topological polar surface area (TPSA) is 41.1 Å². The average molecular weight is 272 g/mol. The number of hydrogen-bond donors (Lipinski definition) is 2. The molecule has 104 valence electrons. The molecular weight excluding hydrogens is 257 g/mol. The lowest BCUT2D eigenvalue weighted by atomic mass is 9.90. The molecule has 0 saturated carbocycles. The minimum Gasteiger partial charge on any atom is -0.318 e. The van der Waals surface area contributed by atoms with Crippen LogP contribution in [0, 0.1) is 0 Å². The van der Waals surface area contributed by atoms with Crippen LogP contribution >= 0.6 is 0 Å². The van der Waals surface area contributed by atoms with Crippen LogP contribution in [0.4, 0.5) is 18.9 Å². The fraction of sp³-hybridized carbons (Fsp3) is 0.462. The number of hydrogen-bond acceptors (Lipinski definition) is 2. The van der Waals surface area contributed by atoms with Gasteiger partial charge in [0, 0.05) is 5.69 Å². The van der Waals surface area contributed by atoms with E-state index >= 15 is 0 Å². The molecule has 1 aliphatic rings. The van der Waals surface area contributed by atoms with Crippen LogP contribution in [0.1, 0.15) is 24.3 Å². The molecule has 0 bridgehead atoms. The molecule has 0 unspecified atom stereocenters. The lowest BCUT2D eigenvalue weighted by molar-refractivity contribution is -0.167. The zero-order chi connectivity index (χ0) is 13.9. The fourth-order valence-corrected chi connectivity index (χ4v) is 2.20. The highest BCUT2D eigenvalue weighted by atomic mass is 19.4. The Morgan fingerprint density at radius 1 is 1.16 bits per heavy atom. The highest BCUT2D eigenvalue weighted by Crippen LogP contribution is 2.26. The third kappa shape index (κ3) is 3.70. The van der Waals surface area contributed by atoms with E-state index in [1.54, 1.807) is 12.1 Å². The van der Waals surface area contributed by atoms with Crippen molar-refractivity contribution in [2.75, 3.05) is 18.4 Å². The Morgan fingerprint density at radius 2 is 1.74 bits per heavy atom. The van der Waals surface area contributed by atoms with E-state index in [9.17, 15) is 18.0 Å². The number of alkyl halides is 3. The Balaban J connectivity index is 2.00. The van der Waals surface area contributed by atoms with Crippen molar-refractivity contribution < 1.29 is 18.0 Å². The molecule has 19 heavy (non-hydrogen) atoms. The minimum absolute atomic E-state index is 0.167. The predicted molar refractivity (Wildman–Crippen MR) is 66.0 cm³/mol. The molecule has 1 aromatic carbocycles. The fourth-order valence-electron chi connectivity index (χ4n) is 2.20. The molecule has 1 aromatic rings. The zero-order valence-corrected chi connectivity index (χ0v) is 10.3. The van der Waals surface area contributed by atoms with Crippen molar-refractivity contribution in [1.29, 1.82) is 0 Å². The Kier molecular flexibility index (Phi) is 4.09. The predicted octanol–water partition coefficient (Wildman–Crippen LogP) is 2.65. The van der Waals surface area contributed by atoms with E-state index in [4.69, 9.17) is 0 Å². The molecule has 1 amide bonds. The molecule has 1 aliphatic heterocycles. The van der Waals surface area contributed by atoms with Crippen molar-refractivity contribution in [2.45, 2.75) is 24.9 Å². The molecule has 1 fully saturated rings. The summed E-state index contributed by atoms with van der Waals surface area (Å²) in [6, 6.07) is 6.59. The largest absolute Gasteiger partial charge is 0.471 e. The average Bonchev–Trinajstić information content (AvgIpc) is 2.39. The van der Waals surface area contributed by atoms with Crippen molar-refractivity contribution in [3.05, 3.63) is 29.8 Å². The maximum atomic E-state index is 12.1. The monoisotopic (exact) mass is 272 g/mol. The number of amides is 1. The first-order chi connectivity index (χ1) is 8.97.